The third kappa shape index (κ3) is 2.28. The average Bonchev–Trinajstić information content (AvgIpc) is 2.70. The van der Waals surface area contributed by atoms with Gasteiger partial charge >= 0.3 is 5.97 Å². The van der Waals surface area contributed by atoms with Crippen LogP contribution >= 0.6 is 0 Å². The van der Waals surface area contributed by atoms with E-state index in [0.717, 1.165) is 5.56 Å². The third-order valence-electron chi connectivity index (χ3n) is 2.32. The molecule has 4 heteroatoms. The van der Waals surface area contributed by atoms with E-state index in [2.05, 4.69) is 5.10 Å². The van der Waals surface area contributed by atoms with Crippen LogP contribution < -0.4 is 0 Å². The van der Waals surface area contributed by atoms with Gasteiger partial charge in [0.2, 0.25) is 0 Å². The fraction of sp³-hybridized carbons (Fsp3) is 0.167. The first kappa shape index (κ1) is 10.4. The molecule has 0 spiro atoms. The van der Waals surface area contributed by atoms with Gasteiger partial charge in [-0.15, -0.1) is 0 Å². The molecular weight excluding hydrogens is 204 g/mol. The Bertz CT molecular complexity index is 500. The first-order valence-electron chi connectivity index (χ1n) is 4.97. The predicted molar refractivity (Wildman–Crippen MR) is 59.5 cm³/mol. The van der Waals surface area contributed by atoms with Gasteiger partial charge in [-0.05, 0) is 18.6 Å². The minimum atomic E-state index is -0.998. The molecule has 4 nitrogen and oxygen atoms in total. The monoisotopic (exact) mass is 216 g/mol. The first-order chi connectivity index (χ1) is 7.65. The van der Waals surface area contributed by atoms with Crippen molar-refractivity contribution in [3.8, 4) is 0 Å². The van der Waals surface area contributed by atoms with E-state index in [0.29, 0.717) is 6.54 Å². The van der Waals surface area contributed by atoms with Gasteiger partial charge in [0.05, 0.1) is 6.54 Å². The molecular formula is C12H12N2O2. The van der Waals surface area contributed by atoms with Crippen molar-refractivity contribution >= 4 is 5.97 Å². The van der Waals surface area contributed by atoms with Crippen LogP contribution in [0.4, 0.5) is 0 Å². The van der Waals surface area contributed by atoms with Gasteiger partial charge in [-0.2, -0.15) is 5.10 Å². The fourth-order valence-corrected chi connectivity index (χ4v) is 1.44. The number of hydrogen-bond acceptors (Lipinski definition) is 2. The number of aromatic nitrogens is 2. The highest BCUT2D eigenvalue weighted by molar-refractivity contribution is 5.85. The molecule has 2 rings (SSSR count). The molecule has 82 valence electrons. The minimum Gasteiger partial charge on any atom is -0.476 e. The minimum absolute atomic E-state index is 0.0760. The van der Waals surface area contributed by atoms with E-state index in [4.69, 9.17) is 5.11 Å². The lowest BCUT2D eigenvalue weighted by Crippen LogP contribution is -2.03. The number of rotatable bonds is 3. The summed E-state index contributed by atoms with van der Waals surface area (Å²) in [5, 5.41) is 12.7. The molecule has 0 saturated carbocycles. The molecule has 0 radical (unpaired) electrons. The molecule has 1 N–H and O–H groups in total. The Morgan fingerprint density at radius 1 is 1.31 bits per heavy atom. The van der Waals surface area contributed by atoms with Gasteiger partial charge in [0.1, 0.15) is 0 Å². The molecule has 0 aliphatic heterocycles. The van der Waals surface area contributed by atoms with Crippen LogP contribution in [0.5, 0.6) is 0 Å². The van der Waals surface area contributed by atoms with Crippen LogP contribution in [0, 0.1) is 6.92 Å². The molecule has 1 heterocycles. The molecule has 0 saturated heterocycles. The van der Waals surface area contributed by atoms with Crippen LogP contribution in [0.1, 0.15) is 21.6 Å². The Morgan fingerprint density at radius 2 is 2.00 bits per heavy atom. The topological polar surface area (TPSA) is 55.1 Å². The smallest absolute Gasteiger partial charge is 0.356 e. The first-order valence-corrected chi connectivity index (χ1v) is 4.97. The van der Waals surface area contributed by atoms with Crippen LogP contribution in [0.2, 0.25) is 0 Å². The third-order valence-corrected chi connectivity index (χ3v) is 2.32. The number of aromatic carboxylic acids is 1. The van der Waals surface area contributed by atoms with Gasteiger partial charge in [0.25, 0.3) is 0 Å². The van der Waals surface area contributed by atoms with Gasteiger partial charge in [0, 0.05) is 6.20 Å². The second-order valence-electron chi connectivity index (χ2n) is 3.69. The van der Waals surface area contributed by atoms with Crippen LogP contribution in [0.15, 0.2) is 36.5 Å². The Labute approximate surface area is 93.1 Å². The maximum Gasteiger partial charge on any atom is 0.356 e. The lowest BCUT2D eigenvalue weighted by molar-refractivity contribution is 0.0689. The SMILES string of the molecule is Cc1ccc(Cn2ccc(C(=O)O)n2)cc1. The van der Waals surface area contributed by atoms with Gasteiger partial charge in [0.15, 0.2) is 5.69 Å². The lowest BCUT2D eigenvalue weighted by atomic mass is 10.1. The quantitative estimate of drug-likeness (QED) is 0.853. The Balaban J connectivity index is 2.14. The number of hydrogen-bond donors (Lipinski definition) is 1. The van der Waals surface area contributed by atoms with Crippen molar-refractivity contribution in [3.05, 3.63) is 53.3 Å². The van der Waals surface area contributed by atoms with Gasteiger partial charge < -0.3 is 5.11 Å². The summed E-state index contributed by atoms with van der Waals surface area (Å²) in [4.78, 5) is 10.6. The molecule has 2 aromatic rings. The summed E-state index contributed by atoms with van der Waals surface area (Å²) in [6, 6.07) is 9.57. The van der Waals surface area contributed by atoms with E-state index in [1.165, 1.54) is 11.6 Å². The molecule has 1 aromatic heterocycles. The maximum absolute atomic E-state index is 10.6. The molecule has 0 atom stereocenters. The zero-order chi connectivity index (χ0) is 11.5. The molecule has 0 fully saturated rings. The molecule has 0 bridgehead atoms. The van der Waals surface area contributed by atoms with E-state index in [-0.39, 0.29) is 5.69 Å². The number of carbonyl (C=O) groups is 1. The number of nitrogens with zero attached hydrogens (tertiary/aromatic N) is 2. The number of benzene rings is 1. The van der Waals surface area contributed by atoms with E-state index in [1.807, 2.05) is 31.2 Å². The lowest BCUT2D eigenvalue weighted by Gasteiger charge is -2.01. The Morgan fingerprint density at radius 3 is 2.56 bits per heavy atom. The van der Waals surface area contributed by atoms with Gasteiger partial charge in [-0.25, -0.2) is 4.79 Å². The van der Waals surface area contributed by atoms with Crippen molar-refractivity contribution in [1.82, 2.24) is 9.78 Å². The average molecular weight is 216 g/mol. The zero-order valence-corrected chi connectivity index (χ0v) is 8.92. The summed E-state index contributed by atoms with van der Waals surface area (Å²) in [7, 11) is 0. The molecule has 16 heavy (non-hydrogen) atoms. The zero-order valence-electron chi connectivity index (χ0n) is 8.92. The molecule has 0 aliphatic rings. The Kier molecular flexibility index (Phi) is 2.72. The Hall–Kier alpha value is -2.10. The summed E-state index contributed by atoms with van der Waals surface area (Å²) >= 11 is 0. The number of aryl methyl sites for hydroxylation is 1. The van der Waals surface area contributed by atoms with Crippen LogP contribution in [0.25, 0.3) is 0 Å². The van der Waals surface area contributed by atoms with Gasteiger partial charge in [-0.3, -0.25) is 4.68 Å². The normalized spacial score (nSPS) is 10.3. The summed E-state index contributed by atoms with van der Waals surface area (Å²) in [5.74, 6) is -0.998. The second kappa shape index (κ2) is 4.18. The van der Waals surface area contributed by atoms with E-state index in [9.17, 15) is 4.79 Å². The van der Waals surface area contributed by atoms with Crippen molar-refractivity contribution in [2.75, 3.05) is 0 Å². The van der Waals surface area contributed by atoms with E-state index >= 15 is 0 Å². The van der Waals surface area contributed by atoms with E-state index < -0.39 is 5.97 Å². The van der Waals surface area contributed by atoms with Crippen LogP contribution in [-0.2, 0) is 6.54 Å². The number of carboxylic acid groups (broad SMARTS) is 1. The van der Waals surface area contributed by atoms with Gasteiger partial charge in [-0.1, -0.05) is 29.8 Å². The number of carboxylic acids is 1. The highest BCUT2D eigenvalue weighted by atomic mass is 16.4. The summed E-state index contributed by atoms with van der Waals surface area (Å²) < 4.78 is 1.62. The molecule has 0 aliphatic carbocycles. The second-order valence-corrected chi connectivity index (χ2v) is 3.69. The summed E-state index contributed by atoms with van der Waals surface area (Å²) in [6.45, 7) is 2.62. The van der Waals surface area contributed by atoms with E-state index in [1.54, 1.807) is 10.9 Å². The van der Waals surface area contributed by atoms with Crippen molar-refractivity contribution < 1.29 is 9.90 Å². The highest BCUT2D eigenvalue weighted by Crippen LogP contribution is 2.05. The van der Waals surface area contributed by atoms with Crippen molar-refractivity contribution in [2.45, 2.75) is 13.5 Å². The highest BCUT2D eigenvalue weighted by Gasteiger charge is 2.06. The fourth-order valence-electron chi connectivity index (χ4n) is 1.44. The van der Waals surface area contributed by atoms with Crippen molar-refractivity contribution in [1.29, 1.82) is 0 Å². The standard InChI is InChI=1S/C12H12N2O2/c1-9-2-4-10(5-3-9)8-14-7-6-11(13-14)12(15)16/h2-7H,8H2,1H3,(H,15,16). The predicted octanol–water partition coefficient (Wildman–Crippen LogP) is 1.94. The molecule has 1 aromatic carbocycles. The van der Waals surface area contributed by atoms with Crippen LogP contribution in [-0.4, -0.2) is 20.9 Å². The maximum atomic E-state index is 10.6. The molecule has 0 amide bonds. The summed E-state index contributed by atoms with van der Waals surface area (Å²) in [6.07, 6.45) is 1.67. The van der Waals surface area contributed by atoms with Crippen LogP contribution in [0.3, 0.4) is 0 Å². The largest absolute Gasteiger partial charge is 0.476 e. The summed E-state index contributed by atoms with van der Waals surface area (Å²) in [5.41, 5.74) is 2.38. The van der Waals surface area contributed by atoms with Crippen molar-refractivity contribution in [3.63, 3.8) is 0 Å². The molecule has 0 unspecified atom stereocenters. The van der Waals surface area contributed by atoms with Crippen molar-refractivity contribution in [2.24, 2.45) is 0 Å².